The Morgan fingerprint density at radius 1 is 0.571 bits per heavy atom. The fourth-order valence-corrected chi connectivity index (χ4v) is 5.93. The van der Waals surface area contributed by atoms with E-state index in [-0.39, 0.29) is 12.3 Å². The molecule has 0 heterocycles. The second-order valence-corrected chi connectivity index (χ2v) is 14.3. The normalized spacial score (nSPS) is 14.3. The Bertz CT molecular complexity index is 1080. The minimum atomic E-state index is -4.36. The molecular weight excluding hydrogens is 631 g/mol. The maximum atomic E-state index is 12.5. The van der Waals surface area contributed by atoms with Gasteiger partial charge in [-0.2, -0.15) is 8.42 Å². The van der Waals surface area contributed by atoms with Crippen LogP contribution >= 0.6 is 0 Å². The van der Waals surface area contributed by atoms with Crippen LogP contribution in [0.4, 0.5) is 0 Å². The van der Waals surface area contributed by atoms with Crippen LogP contribution in [-0.2, 0) is 14.9 Å². The molecule has 1 amide bonds. The van der Waals surface area contributed by atoms with Crippen LogP contribution in [0.25, 0.3) is 0 Å². The molecule has 0 spiro atoms. The molecule has 0 aliphatic heterocycles. The van der Waals surface area contributed by atoms with Gasteiger partial charge in [-0.05, 0) is 77.0 Å². The third-order valence-electron chi connectivity index (χ3n) is 8.06. The smallest absolute Gasteiger partial charge is 0.267 e. The fourth-order valence-electron chi connectivity index (χ4n) is 5.20. The monoisotopic (exact) mass is 702 g/mol. The van der Waals surface area contributed by atoms with Gasteiger partial charge in [-0.25, -0.2) is 0 Å². The molecule has 2 atom stereocenters. The molecule has 2 unspecified atom stereocenters. The molecule has 0 aromatic carbocycles. The van der Waals surface area contributed by atoms with E-state index >= 15 is 0 Å². The Morgan fingerprint density at radius 2 is 1.00 bits per heavy atom. The summed E-state index contributed by atoms with van der Waals surface area (Å²) in [4.78, 5) is 12.5. The van der Waals surface area contributed by atoms with Gasteiger partial charge in [0, 0.05) is 6.42 Å². The standard InChI is InChI=1S/C42H71NO5S/c1-3-5-7-9-11-13-15-16-17-18-19-20-21-22-23-24-25-26-28-30-32-34-36-38-42(45)43-40(39-49(46,47)48)41(44)37-35-33-31-29-27-14-12-10-8-6-4-2/h5,7,11,13,16-17,19-20,22-23,27,29,35,37,40-41,44H,3-4,6,8-10,12,14-15,18,21,24-26,28,30-34,36,38-39H2,1-2H3,(H,43,45)(H,46,47,48)/b7-5-,13-11-,17-16-,20-19-,23-22-,29-27+,37-35+. The molecule has 0 aliphatic carbocycles. The van der Waals surface area contributed by atoms with Gasteiger partial charge in [0.25, 0.3) is 10.1 Å². The quantitative estimate of drug-likeness (QED) is 0.0359. The number of amides is 1. The second-order valence-electron chi connectivity index (χ2n) is 12.8. The second kappa shape index (κ2) is 35.3. The molecule has 0 rings (SSSR count). The third kappa shape index (κ3) is 36.6. The number of aliphatic hydroxyl groups is 1. The van der Waals surface area contributed by atoms with Crippen molar-refractivity contribution in [3.05, 3.63) is 85.1 Å². The van der Waals surface area contributed by atoms with E-state index < -0.39 is 28.0 Å². The maximum absolute atomic E-state index is 12.5. The minimum absolute atomic E-state index is 0.270. The first-order valence-corrected chi connectivity index (χ1v) is 20.9. The van der Waals surface area contributed by atoms with Crippen LogP contribution in [0.1, 0.15) is 155 Å². The average Bonchev–Trinajstić information content (AvgIpc) is 3.06. The van der Waals surface area contributed by atoms with E-state index in [1.165, 1.54) is 57.4 Å². The van der Waals surface area contributed by atoms with Crippen molar-refractivity contribution >= 4 is 16.0 Å². The Balaban J connectivity index is 3.98. The summed E-state index contributed by atoms with van der Waals surface area (Å²) in [7, 11) is -4.36. The van der Waals surface area contributed by atoms with E-state index in [4.69, 9.17) is 0 Å². The Kier molecular flexibility index (Phi) is 33.6. The van der Waals surface area contributed by atoms with Gasteiger partial charge in [0.05, 0.1) is 17.9 Å². The molecule has 0 saturated carbocycles. The molecular formula is C42H71NO5S. The van der Waals surface area contributed by atoms with Gasteiger partial charge in [0.1, 0.15) is 0 Å². The summed E-state index contributed by atoms with van der Waals surface area (Å²) in [5.41, 5.74) is 0. The Labute approximate surface area is 301 Å². The summed E-state index contributed by atoms with van der Waals surface area (Å²) in [5.74, 6) is -1.03. The zero-order chi connectivity index (χ0) is 36.1. The molecule has 49 heavy (non-hydrogen) atoms. The molecule has 0 bridgehead atoms. The van der Waals surface area contributed by atoms with Crippen molar-refractivity contribution in [2.24, 2.45) is 0 Å². The average molecular weight is 702 g/mol. The lowest BCUT2D eigenvalue weighted by molar-refractivity contribution is -0.122. The molecule has 7 heteroatoms. The number of hydrogen-bond acceptors (Lipinski definition) is 4. The summed E-state index contributed by atoms with van der Waals surface area (Å²) in [6, 6.07) is -1.08. The zero-order valence-electron chi connectivity index (χ0n) is 31.0. The summed E-state index contributed by atoms with van der Waals surface area (Å²) >= 11 is 0. The van der Waals surface area contributed by atoms with Gasteiger partial charge in [-0.1, -0.05) is 157 Å². The molecule has 0 radical (unpaired) electrons. The predicted octanol–water partition coefficient (Wildman–Crippen LogP) is 11.2. The summed E-state index contributed by atoms with van der Waals surface area (Å²) in [6.45, 7) is 4.36. The van der Waals surface area contributed by atoms with Gasteiger partial charge >= 0.3 is 0 Å². The van der Waals surface area contributed by atoms with Gasteiger partial charge in [0.15, 0.2) is 0 Å². The number of carbonyl (C=O) groups excluding carboxylic acids is 1. The van der Waals surface area contributed by atoms with Crippen molar-refractivity contribution in [3.8, 4) is 0 Å². The van der Waals surface area contributed by atoms with Crippen LogP contribution in [-0.4, -0.2) is 41.9 Å². The SMILES string of the molecule is CC/C=C\C/C=C\C/C=C\C/C=C\C/C=C\CCCCCCCCCC(=O)NC(CS(=O)(=O)O)C(O)/C=C/CC/C=C/CCCCCCC. The number of nitrogens with one attached hydrogen (secondary N) is 1. The summed E-state index contributed by atoms with van der Waals surface area (Å²) in [5, 5.41) is 13.1. The van der Waals surface area contributed by atoms with Crippen molar-refractivity contribution in [2.45, 2.75) is 167 Å². The third-order valence-corrected chi connectivity index (χ3v) is 8.84. The van der Waals surface area contributed by atoms with Crippen LogP contribution in [0.3, 0.4) is 0 Å². The van der Waals surface area contributed by atoms with Crippen LogP contribution in [0, 0.1) is 0 Å². The molecule has 280 valence electrons. The number of allylic oxidation sites excluding steroid dienone is 13. The van der Waals surface area contributed by atoms with E-state index in [1.807, 2.05) is 0 Å². The largest absolute Gasteiger partial charge is 0.387 e. The van der Waals surface area contributed by atoms with E-state index in [1.54, 1.807) is 6.08 Å². The van der Waals surface area contributed by atoms with E-state index in [2.05, 4.69) is 92.1 Å². The highest BCUT2D eigenvalue weighted by atomic mass is 32.2. The lowest BCUT2D eigenvalue weighted by atomic mass is 10.1. The van der Waals surface area contributed by atoms with Gasteiger partial charge < -0.3 is 10.4 Å². The molecule has 6 nitrogen and oxygen atoms in total. The molecule has 0 aliphatic rings. The number of hydrogen-bond donors (Lipinski definition) is 3. The number of carbonyl (C=O) groups is 1. The van der Waals surface area contributed by atoms with Crippen molar-refractivity contribution in [1.82, 2.24) is 5.32 Å². The van der Waals surface area contributed by atoms with E-state index in [9.17, 15) is 22.9 Å². The van der Waals surface area contributed by atoms with Gasteiger partial charge in [-0.15, -0.1) is 0 Å². The van der Waals surface area contributed by atoms with Gasteiger partial charge in [0.2, 0.25) is 5.91 Å². The predicted molar refractivity (Wildman–Crippen MR) is 211 cm³/mol. The molecule has 0 aromatic rings. The maximum Gasteiger partial charge on any atom is 0.267 e. The van der Waals surface area contributed by atoms with Gasteiger partial charge in [-0.3, -0.25) is 9.35 Å². The number of aliphatic hydroxyl groups excluding tert-OH is 1. The van der Waals surface area contributed by atoms with Crippen LogP contribution in [0.15, 0.2) is 85.1 Å². The number of unbranched alkanes of at least 4 members (excludes halogenated alkanes) is 13. The zero-order valence-corrected chi connectivity index (χ0v) is 31.8. The Morgan fingerprint density at radius 3 is 1.53 bits per heavy atom. The van der Waals surface area contributed by atoms with Crippen LogP contribution in [0.5, 0.6) is 0 Å². The molecule has 0 fully saturated rings. The van der Waals surface area contributed by atoms with Crippen molar-refractivity contribution in [3.63, 3.8) is 0 Å². The highest BCUT2D eigenvalue weighted by molar-refractivity contribution is 7.85. The highest BCUT2D eigenvalue weighted by Gasteiger charge is 2.24. The first-order chi connectivity index (χ1) is 23.8. The molecule has 3 N–H and O–H groups in total. The van der Waals surface area contributed by atoms with E-state index in [0.29, 0.717) is 12.8 Å². The molecule has 0 saturated heterocycles. The van der Waals surface area contributed by atoms with E-state index in [0.717, 1.165) is 70.6 Å². The lowest BCUT2D eigenvalue weighted by Gasteiger charge is -2.21. The highest BCUT2D eigenvalue weighted by Crippen LogP contribution is 2.11. The first kappa shape index (κ1) is 46.5. The van der Waals surface area contributed by atoms with Crippen molar-refractivity contribution in [2.75, 3.05) is 5.75 Å². The number of rotatable bonds is 33. The fraction of sp³-hybridized carbons (Fsp3) is 0.643. The summed E-state index contributed by atoms with van der Waals surface area (Å²) < 4.78 is 32.3. The van der Waals surface area contributed by atoms with Crippen LogP contribution in [0.2, 0.25) is 0 Å². The summed E-state index contributed by atoms with van der Waals surface area (Å²) in [6.07, 6.45) is 51.4. The Hall–Kier alpha value is -2.48. The minimum Gasteiger partial charge on any atom is -0.387 e. The topological polar surface area (TPSA) is 104 Å². The van der Waals surface area contributed by atoms with Crippen molar-refractivity contribution in [1.29, 1.82) is 0 Å². The first-order valence-electron chi connectivity index (χ1n) is 19.3. The van der Waals surface area contributed by atoms with Crippen molar-refractivity contribution < 1.29 is 22.9 Å². The molecule has 0 aromatic heterocycles. The van der Waals surface area contributed by atoms with Crippen LogP contribution < -0.4 is 5.32 Å². The lowest BCUT2D eigenvalue weighted by Crippen LogP contribution is -2.46.